The topological polar surface area (TPSA) is 55.1 Å². The Morgan fingerprint density at radius 1 is 1.15 bits per heavy atom. The van der Waals surface area contributed by atoms with E-state index in [4.69, 9.17) is 4.42 Å². The molecule has 0 saturated heterocycles. The molecule has 5 heteroatoms. The summed E-state index contributed by atoms with van der Waals surface area (Å²) in [5, 5.41) is 8.12. The standard InChI is InChI=1S/C15H22N4O/c1-10(2)15-18-17-14(20-15)9-19(5)8-13-7-11(3)6-12(4)16-13/h6-7,10H,8-9H2,1-5H3. The smallest absolute Gasteiger partial charge is 0.230 e. The number of aryl methyl sites for hydroxylation is 2. The van der Waals surface area contributed by atoms with E-state index >= 15 is 0 Å². The van der Waals surface area contributed by atoms with E-state index in [1.54, 1.807) is 0 Å². The second-order valence-corrected chi connectivity index (χ2v) is 5.64. The van der Waals surface area contributed by atoms with E-state index in [1.807, 2.05) is 27.8 Å². The molecular weight excluding hydrogens is 252 g/mol. The predicted octanol–water partition coefficient (Wildman–Crippen LogP) is 2.84. The minimum Gasteiger partial charge on any atom is -0.424 e. The largest absolute Gasteiger partial charge is 0.424 e. The summed E-state index contributed by atoms with van der Waals surface area (Å²) in [6.45, 7) is 9.59. The van der Waals surface area contributed by atoms with Gasteiger partial charge >= 0.3 is 0 Å². The highest BCUT2D eigenvalue weighted by molar-refractivity contribution is 5.19. The molecule has 108 valence electrons. The molecule has 0 bridgehead atoms. The molecule has 0 unspecified atom stereocenters. The van der Waals surface area contributed by atoms with Crippen molar-refractivity contribution in [2.45, 2.75) is 46.7 Å². The zero-order valence-electron chi connectivity index (χ0n) is 12.8. The SMILES string of the molecule is Cc1cc(C)nc(CN(C)Cc2nnc(C(C)C)o2)c1. The fourth-order valence-electron chi connectivity index (χ4n) is 2.13. The first-order chi connectivity index (χ1) is 9.44. The quantitative estimate of drug-likeness (QED) is 0.839. The highest BCUT2D eigenvalue weighted by Gasteiger charge is 2.12. The fraction of sp³-hybridized carbons (Fsp3) is 0.533. The van der Waals surface area contributed by atoms with Gasteiger partial charge in [-0.1, -0.05) is 13.8 Å². The van der Waals surface area contributed by atoms with Gasteiger partial charge < -0.3 is 4.42 Å². The van der Waals surface area contributed by atoms with Gasteiger partial charge in [-0.05, 0) is 38.6 Å². The maximum absolute atomic E-state index is 5.62. The summed E-state index contributed by atoms with van der Waals surface area (Å²) >= 11 is 0. The molecule has 0 aliphatic heterocycles. The Bertz CT molecular complexity index is 557. The molecule has 0 aromatic carbocycles. The zero-order chi connectivity index (χ0) is 14.7. The average molecular weight is 274 g/mol. The zero-order valence-corrected chi connectivity index (χ0v) is 12.8. The van der Waals surface area contributed by atoms with Crippen molar-refractivity contribution in [2.24, 2.45) is 0 Å². The number of pyridine rings is 1. The lowest BCUT2D eigenvalue weighted by atomic mass is 10.2. The highest BCUT2D eigenvalue weighted by atomic mass is 16.4. The molecule has 2 heterocycles. The summed E-state index contributed by atoms with van der Waals surface area (Å²) in [6.07, 6.45) is 0. The van der Waals surface area contributed by atoms with Gasteiger partial charge in [-0.3, -0.25) is 9.88 Å². The molecule has 0 aliphatic carbocycles. The summed E-state index contributed by atoms with van der Waals surface area (Å²) in [5.74, 6) is 1.61. The molecule has 0 N–H and O–H groups in total. The Morgan fingerprint density at radius 3 is 2.50 bits per heavy atom. The molecule has 20 heavy (non-hydrogen) atoms. The van der Waals surface area contributed by atoms with Gasteiger partial charge in [0, 0.05) is 18.2 Å². The van der Waals surface area contributed by atoms with Crippen LogP contribution in [0.1, 0.15) is 48.5 Å². The van der Waals surface area contributed by atoms with Crippen LogP contribution >= 0.6 is 0 Å². The van der Waals surface area contributed by atoms with Crippen molar-refractivity contribution in [1.29, 1.82) is 0 Å². The first-order valence-electron chi connectivity index (χ1n) is 6.89. The Balaban J connectivity index is 1.99. The van der Waals surface area contributed by atoms with E-state index in [0.717, 1.165) is 17.9 Å². The molecule has 5 nitrogen and oxygen atoms in total. The van der Waals surface area contributed by atoms with Gasteiger partial charge in [0.1, 0.15) is 0 Å². The summed E-state index contributed by atoms with van der Waals surface area (Å²) < 4.78 is 5.62. The van der Waals surface area contributed by atoms with E-state index < -0.39 is 0 Å². The molecule has 0 fully saturated rings. The van der Waals surface area contributed by atoms with Gasteiger partial charge in [-0.15, -0.1) is 10.2 Å². The van der Waals surface area contributed by atoms with Crippen LogP contribution in [0.25, 0.3) is 0 Å². The normalized spacial score (nSPS) is 11.6. The summed E-state index contributed by atoms with van der Waals surface area (Å²) in [4.78, 5) is 6.66. The summed E-state index contributed by atoms with van der Waals surface area (Å²) in [6, 6.07) is 4.19. The van der Waals surface area contributed by atoms with Crippen molar-refractivity contribution < 1.29 is 4.42 Å². The van der Waals surface area contributed by atoms with Gasteiger partial charge in [0.15, 0.2) is 0 Å². The van der Waals surface area contributed by atoms with Crippen LogP contribution in [0.5, 0.6) is 0 Å². The minimum absolute atomic E-state index is 0.266. The van der Waals surface area contributed by atoms with E-state index in [-0.39, 0.29) is 5.92 Å². The molecule has 0 amide bonds. The van der Waals surface area contributed by atoms with Crippen molar-refractivity contribution in [2.75, 3.05) is 7.05 Å². The van der Waals surface area contributed by atoms with Gasteiger partial charge in [0.2, 0.25) is 11.8 Å². The van der Waals surface area contributed by atoms with Crippen LogP contribution in [0.2, 0.25) is 0 Å². The molecule has 0 atom stereocenters. The van der Waals surface area contributed by atoms with Crippen molar-refractivity contribution >= 4 is 0 Å². The van der Waals surface area contributed by atoms with Gasteiger partial charge in [0.25, 0.3) is 0 Å². The van der Waals surface area contributed by atoms with Crippen molar-refractivity contribution in [3.63, 3.8) is 0 Å². The van der Waals surface area contributed by atoms with Crippen LogP contribution in [-0.4, -0.2) is 27.1 Å². The molecule has 0 aliphatic rings. The van der Waals surface area contributed by atoms with Gasteiger partial charge in [-0.25, -0.2) is 0 Å². The maximum atomic E-state index is 5.62. The van der Waals surface area contributed by atoms with Crippen molar-refractivity contribution in [3.8, 4) is 0 Å². The monoisotopic (exact) mass is 274 g/mol. The lowest BCUT2D eigenvalue weighted by Gasteiger charge is -2.14. The van der Waals surface area contributed by atoms with E-state index in [2.05, 4.69) is 39.1 Å². The lowest BCUT2D eigenvalue weighted by molar-refractivity contribution is 0.273. The van der Waals surface area contributed by atoms with Crippen LogP contribution in [-0.2, 0) is 13.1 Å². The Labute approximate surface area is 120 Å². The van der Waals surface area contributed by atoms with Crippen molar-refractivity contribution in [1.82, 2.24) is 20.1 Å². The van der Waals surface area contributed by atoms with Crippen LogP contribution < -0.4 is 0 Å². The highest BCUT2D eigenvalue weighted by Crippen LogP contribution is 2.14. The number of nitrogens with zero attached hydrogens (tertiary/aromatic N) is 4. The third-order valence-electron chi connectivity index (χ3n) is 2.96. The number of aromatic nitrogens is 3. The van der Waals surface area contributed by atoms with Crippen LogP contribution in [0.15, 0.2) is 16.5 Å². The molecule has 2 aromatic rings. The first-order valence-corrected chi connectivity index (χ1v) is 6.89. The van der Waals surface area contributed by atoms with E-state index in [1.165, 1.54) is 5.56 Å². The molecule has 2 rings (SSSR count). The van der Waals surface area contributed by atoms with Gasteiger partial charge in [-0.2, -0.15) is 0 Å². The molecule has 0 saturated carbocycles. The lowest BCUT2D eigenvalue weighted by Crippen LogP contribution is -2.18. The third kappa shape index (κ3) is 3.87. The minimum atomic E-state index is 0.266. The third-order valence-corrected chi connectivity index (χ3v) is 2.96. The number of hydrogen-bond acceptors (Lipinski definition) is 5. The Kier molecular flexibility index (Phi) is 4.49. The summed E-state index contributed by atoms with van der Waals surface area (Å²) in [5.41, 5.74) is 3.35. The Morgan fingerprint density at radius 2 is 1.90 bits per heavy atom. The second kappa shape index (κ2) is 6.13. The van der Waals surface area contributed by atoms with Crippen molar-refractivity contribution in [3.05, 3.63) is 40.9 Å². The molecule has 0 spiro atoms. The van der Waals surface area contributed by atoms with E-state index in [9.17, 15) is 0 Å². The number of rotatable bonds is 5. The second-order valence-electron chi connectivity index (χ2n) is 5.64. The first kappa shape index (κ1) is 14.7. The van der Waals surface area contributed by atoms with E-state index in [0.29, 0.717) is 18.3 Å². The average Bonchev–Trinajstić information content (AvgIpc) is 2.75. The van der Waals surface area contributed by atoms with Crippen LogP contribution in [0.4, 0.5) is 0 Å². The molecular formula is C15H22N4O. The number of hydrogen-bond donors (Lipinski definition) is 0. The molecule has 0 radical (unpaired) electrons. The molecule has 2 aromatic heterocycles. The van der Waals surface area contributed by atoms with Crippen LogP contribution in [0.3, 0.4) is 0 Å². The van der Waals surface area contributed by atoms with Crippen LogP contribution in [0, 0.1) is 13.8 Å². The van der Waals surface area contributed by atoms with Gasteiger partial charge in [0.05, 0.1) is 12.2 Å². The predicted molar refractivity (Wildman–Crippen MR) is 77.3 cm³/mol. The summed E-state index contributed by atoms with van der Waals surface area (Å²) in [7, 11) is 2.03. The maximum Gasteiger partial charge on any atom is 0.230 e. The Hall–Kier alpha value is -1.75. The fourth-order valence-corrected chi connectivity index (χ4v) is 2.13.